The molecule has 6 N–H and O–H groups in total. The molecule has 0 fully saturated rings. The van der Waals surface area contributed by atoms with Crippen LogP contribution in [0.15, 0.2) is 30.3 Å². The molecular weight excluding hydrogens is 258 g/mol. The highest BCUT2D eigenvalue weighted by Crippen LogP contribution is 2.11. The molecule has 1 aromatic carbocycles. The Morgan fingerprint density at radius 3 is 1.90 bits per heavy atom. The lowest BCUT2D eigenvalue weighted by molar-refractivity contribution is 0.467. The van der Waals surface area contributed by atoms with Crippen molar-refractivity contribution in [3.8, 4) is 0 Å². The first-order valence-corrected chi connectivity index (χ1v) is 8.47. The van der Waals surface area contributed by atoms with Crippen molar-refractivity contribution in [3.05, 3.63) is 35.9 Å². The molecular formula is C18H33N3. The molecule has 1 rings (SSSR count). The lowest BCUT2D eigenvalue weighted by Gasteiger charge is -2.14. The van der Waals surface area contributed by atoms with Gasteiger partial charge in [0.25, 0.3) is 0 Å². The minimum Gasteiger partial charge on any atom is -0.330 e. The van der Waals surface area contributed by atoms with Crippen molar-refractivity contribution in [2.45, 2.75) is 69.9 Å². The van der Waals surface area contributed by atoms with Crippen LogP contribution in [0.1, 0.15) is 56.9 Å². The van der Waals surface area contributed by atoms with E-state index in [1.807, 2.05) is 0 Å². The Morgan fingerprint density at radius 1 is 0.714 bits per heavy atom. The van der Waals surface area contributed by atoms with Crippen LogP contribution in [-0.4, -0.2) is 18.6 Å². The van der Waals surface area contributed by atoms with Crippen LogP contribution in [0.4, 0.5) is 0 Å². The van der Waals surface area contributed by atoms with Crippen molar-refractivity contribution in [1.29, 1.82) is 0 Å². The zero-order valence-corrected chi connectivity index (χ0v) is 13.3. The lowest BCUT2D eigenvalue weighted by atomic mass is 9.98. The molecule has 120 valence electrons. The van der Waals surface area contributed by atoms with Crippen molar-refractivity contribution in [1.82, 2.24) is 0 Å². The van der Waals surface area contributed by atoms with E-state index in [2.05, 4.69) is 30.3 Å². The SMILES string of the molecule is NCCCCC(N)CCCC(N)CCCc1ccccc1. The van der Waals surface area contributed by atoms with Crippen LogP contribution in [0.3, 0.4) is 0 Å². The largest absolute Gasteiger partial charge is 0.330 e. The summed E-state index contributed by atoms with van der Waals surface area (Å²) in [6.07, 6.45) is 10.1. The molecule has 0 aromatic heterocycles. The summed E-state index contributed by atoms with van der Waals surface area (Å²) < 4.78 is 0. The van der Waals surface area contributed by atoms with Gasteiger partial charge in [0.2, 0.25) is 0 Å². The zero-order chi connectivity index (χ0) is 15.3. The molecule has 0 amide bonds. The maximum atomic E-state index is 6.19. The minimum absolute atomic E-state index is 0.324. The first kappa shape index (κ1) is 18.1. The van der Waals surface area contributed by atoms with Gasteiger partial charge in [-0.1, -0.05) is 43.2 Å². The van der Waals surface area contributed by atoms with Crippen molar-refractivity contribution in [2.24, 2.45) is 17.2 Å². The average molecular weight is 291 g/mol. The molecule has 3 heteroatoms. The maximum absolute atomic E-state index is 6.19. The summed E-state index contributed by atoms with van der Waals surface area (Å²) in [5, 5.41) is 0. The van der Waals surface area contributed by atoms with E-state index in [4.69, 9.17) is 17.2 Å². The van der Waals surface area contributed by atoms with Gasteiger partial charge in [0.15, 0.2) is 0 Å². The third-order valence-corrected chi connectivity index (χ3v) is 4.06. The summed E-state index contributed by atoms with van der Waals surface area (Å²) in [4.78, 5) is 0. The number of unbranched alkanes of at least 4 members (excludes halogenated alkanes) is 1. The highest BCUT2D eigenvalue weighted by Gasteiger charge is 2.06. The number of aryl methyl sites for hydroxylation is 1. The van der Waals surface area contributed by atoms with Crippen molar-refractivity contribution >= 4 is 0 Å². The third kappa shape index (κ3) is 9.62. The fraction of sp³-hybridized carbons (Fsp3) is 0.667. The summed E-state index contributed by atoms with van der Waals surface area (Å²) in [5.41, 5.74) is 19.2. The van der Waals surface area contributed by atoms with Gasteiger partial charge in [-0.3, -0.25) is 0 Å². The number of hydrogen-bond donors (Lipinski definition) is 3. The van der Waals surface area contributed by atoms with Crippen LogP contribution < -0.4 is 17.2 Å². The second-order valence-electron chi connectivity index (χ2n) is 6.11. The molecule has 3 nitrogen and oxygen atoms in total. The van der Waals surface area contributed by atoms with Gasteiger partial charge in [-0.05, 0) is 57.1 Å². The second-order valence-corrected chi connectivity index (χ2v) is 6.11. The minimum atomic E-state index is 0.324. The maximum Gasteiger partial charge on any atom is 0.00389 e. The van der Waals surface area contributed by atoms with Crippen LogP contribution in [-0.2, 0) is 6.42 Å². The Bertz CT molecular complexity index is 340. The normalized spacial score (nSPS) is 14.0. The number of hydrogen-bond acceptors (Lipinski definition) is 3. The molecule has 1 aromatic rings. The fourth-order valence-electron chi connectivity index (χ4n) is 2.69. The summed E-state index contributed by atoms with van der Waals surface area (Å²) in [6, 6.07) is 11.3. The van der Waals surface area contributed by atoms with Gasteiger partial charge < -0.3 is 17.2 Å². The smallest absolute Gasteiger partial charge is 0.00389 e. The predicted molar refractivity (Wildman–Crippen MR) is 92.1 cm³/mol. The molecule has 0 saturated heterocycles. The van der Waals surface area contributed by atoms with Crippen molar-refractivity contribution in [3.63, 3.8) is 0 Å². The van der Waals surface area contributed by atoms with Crippen LogP contribution in [0.2, 0.25) is 0 Å². The highest BCUT2D eigenvalue weighted by atomic mass is 14.6. The van der Waals surface area contributed by atoms with Gasteiger partial charge in [0, 0.05) is 12.1 Å². The van der Waals surface area contributed by atoms with Gasteiger partial charge >= 0.3 is 0 Å². The molecule has 0 aliphatic rings. The van der Waals surface area contributed by atoms with E-state index < -0.39 is 0 Å². The highest BCUT2D eigenvalue weighted by molar-refractivity contribution is 5.14. The first-order valence-electron chi connectivity index (χ1n) is 8.47. The van der Waals surface area contributed by atoms with E-state index in [0.717, 1.165) is 57.9 Å². The van der Waals surface area contributed by atoms with Gasteiger partial charge in [0.1, 0.15) is 0 Å². The summed E-state index contributed by atoms with van der Waals surface area (Å²) in [5.74, 6) is 0. The van der Waals surface area contributed by atoms with E-state index in [0.29, 0.717) is 12.1 Å². The van der Waals surface area contributed by atoms with Gasteiger partial charge in [-0.25, -0.2) is 0 Å². The molecule has 0 saturated carbocycles. The molecule has 0 radical (unpaired) electrons. The molecule has 21 heavy (non-hydrogen) atoms. The van der Waals surface area contributed by atoms with Gasteiger partial charge in [-0.15, -0.1) is 0 Å². The Balaban J connectivity index is 1.99. The van der Waals surface area contributed by atoms with E-state index in [-0.39, 0.29) is 0 Å². The van der Waals surface area contributed by atoms with Gasteiger partial charge in [0.05, 0.1) is 0 Å². The molecule has 0 aliphatic heterocycles. The van der Waals surface area contributed by atoms with Crippen LogP contribution in [0.25, 0.3) is 0 Å². The molecule has 0 aliphatic carbocycles. The quantitative estimate of drug-likeness (QED) is 0.518. The summed E-state index contributed by atoms with van der Waals surface area (Å²) in [6.45, 7) is 0.777. The molecule has 2 atom stereocenters. The predicted octanol–water partition coefficient (Wildman–Crippen LogP) is 2.96. The Kier molecular flexibility index (Phi) is 10.1. The molecule has 2 unspecified atom stereocenters. The molecule has 0 heterocycles. The molecule has 0 spiro atoms. The van der Waals surface area contributed by atoms with Crippen LogP contribution in [0, 0.1) is 0 Å². The topological polar surface area (TPSA) is 78.1 Å². The Labute approximate surface area is 130 Å². The van der Waals surface area contributed by atoms with Crippen molar-refractivity contribution < 1.29 is 0 Å². The van der Waals surface area contributed by atoms with Crippen molar-refractivity contribution in [2.75, 3.05) is 6.54 Å². The Hall–Kier alpha value is -0.900. The third-order valence-electron chi connectivity index (χ3n) is 4.06. The van der Waals surface area contributed by atoms with E-state index in [1.54, 1.807) is 0 Å². The fourth-order valence-corrected chi connectivity index (χ4v) is 2.69. The average Bonchev–Trinajstić information content (AvgIpc) is 2.48. The number of benzene rings is 1. The van der Waals surface area contributed by atoms with Gasteiger partial charge in [-0.2, -0.15) is 0 Å². The lowest BCUT2D eigenvalue weighted by Crippen LogP contribution is -2.23. The van der Waals surface area contributed by atoms with Crippen LogP contribution in [0.5, 0.6) is 0 Å². The first-order chi connectivity index (χ1) is 10.2. The molecule has 0 bridgehead atoms. The summed E-state index contributed by atoms with van der Waals surface area (Å²) in [7, 11) is 0. The number of rotatable bonds is 12. The van der Waals surface area contributed by atoms with E-state index in [9.17, 15) is 0 Å². The van der Waals surface area contributed by atoms with E-state index >= 15 is 0 Å². The monoisotopic (exact) mass is 291 g/mol. The summed E-state index contributed by atoms with van der Waals surface area (Å²) >= 11 is 0. The van der Waals surface area contributed by atoms with E-state index in [1.165, 1.54) is 12.0 Å². The standard InChI is InChI=1S/C18H33N3/c19-15-5-4-11-17(20)13-7-14-18(21)12-6-10-16-8-2-1-3-9-16/h1-3,8-9,17-18H,4-7,10-15,19-21H2. The van der Waals surface area contributed by atoms with Crippen LogP contribution >= 0.6 is 0 Å². The number of nitrogens with two attached hydrogens (primary N) is 3. The zero-order valence-electron chi connectivity index (χ0n) is 13.3. The second kappa shape index (κ2) is 11.7. The Morgan fingerprint density at radius 2 is 1.29 bits per heavy atom.